The lowest BCUT2D eigenvalue weighted by atomic mass is 10.3. The maximum Gasteiger partial charge on any atom is 0.132 e. The first kappa shape index (κ1) is 11.4. The van der Waals surface area contributed by atoms with E-state index in [1.165, 1.54) is 4.90 Å². The zero-order chi connectivity index (χ0) is 10.2. The second kappa shape index (κ2) is 6.74. The summed E-state index contributed by atoms with van der Waals surface area (Å²) in [6, 6.07) is 8.13. The van der Waals surface area contributed by atoms with Crippen molar-refractivity contribution in [2.75, 3.05) is 18.9 Å². The number of nitrogens with two attached hydrogens (primary N) is 1. The van der Waals surface area contributed by atoms with Gasteiger partial charge in [0.1, 0.15) is 5.75 Å². The van der Waals surface area contributed by atoms with E-state index in [0.29, 0.717) is 13.2 Å². The average Bonchev–Trinajstić information content (AvgIpc) is 2.21. The summed E-state index contributed by atoms with van der Waals surface area (Å²) in [4.78, 5) is 1.21. The first-order valence-corrected chi connectivity index (χ1v) is 5.91. The molecule has 1 rings (SSSR count). The lowest BCUT2D eigenvalue weighted by Gasteiger charge is -2.09. The van der Waals surface area contributed by atoms with Crippen LogP contribution in [-0.2, 0) is 0 Å². The molecule has 0 saturated heterocycles. The molecule has 3 heteroatoms. The highest BCUT2D eigenvalue weighted by Crippen LogP contribution is 2.28. The van der Waals surface area contributed by atoms with Gasteiger partial charge >= 0.3 is 0 Å². The number of thioether (sulfide) groups is 1. The van der Waals surface area contributed by atoms with Crippen LogP contribution in [0.4, 0.5) is 0 Å². The molecule has 0 unspecified atom stereocenters. The minimum Gasteiger partial charge on any atom is -0.492 e. The van der Waals surface area contributed by atoms with Crippen molar-refractivity contribution in [3.8, 4) is 5.75 Å². The van der Waals surface area contributed by atoms with Gasteiger partial charge in [-0.25, -0.2) is 0 Å². The van der Waals surface area contributed by atoms with Crippen molar-refractivity contribution < 1.29 is 4.74 Å². The number of para-hydroxylation sites is 1. The maximum absolute atomic E-state index is 5.63. The fraction of sp³-hybridized carbons (Fsp3) is 0.455. The van der Waals surface area contributed by atoms with Crippen molar-refractivity contribution in [2.24, 2.45) is 5.73 Å². The van der Waals surface area contributed by atoms with Crippen LogP contribution in [0.1, 0.15) is 13.3 Å². The number of hydrogen-bond acceptors (Lipinski definition) is 3. The van der Waals surface area contributed by atoms with Gasteiger partial charge in [-0.1, -0.05) is 19.1 Å². The zero-order valence-electron chi connectivity index (χ0n) is 8.53. The number of ether oxygens (including phenoxy) is 1. The second-order valence-electron chi connectivity index (χ2n) is 2.87. The average molecular weight is 211 g/mol. The summed E-state index contributed by atoms with van der Waals surface area (Å²) < 4.78 is 5.63. The van der Waals surface area contributed by atoms with Crippen molar-refractivity contribution >= 4 is 11.8 Å². The molecule has 0 atom stereocenters. The molecule has 0 aromatic heterocycles. The zero-order valence-corrected chi connectivity index (χ0v) is 9.35. The van der Waals surface area contributed by atoms with Crippen molar-refractivity contribution in [3.63, 3.8) is 0 Å². The smallest absolute Gasteiger partial charge is 0.132 e. The molecule has 1 aromatic carbocycles. The largest absolute Gasteiger partial charge is 0.492 e. The van der Waals surface area contributed by atoms with Gasteiger partial charge in [0.05, 0.1) is 6.61 Å². The summed E-state index contributed by atoms with van der Waals surface area (Å²) in [7, 11) is 0. The van der Waals surface area contributed by atoms with Crippen LogP contribution in [0, 0.1) is 0 Å². The van der Waals surface area contributed by atoms with Gasteiger partial charge in [-0.3, -0.25) is 0 Å². The Balaban J connectivity index is 2.55. The van der Waals surface area contributed by atoms with Crippen LogP contribution in [0.5, 0.6) is 5.75 Å². The van der Waals surface area contributed by atoms with Gasteiger partial charge in [-0.15, -0.1) is 11.8 Å². The molecule has 0 aliphatic carbocycles. The SMILES string of the molecule is CCSc1ccccc1OCCCN. The number of benzene rings is 1. The molecule has 0 bridgehead atoms. The summed E-state index contributed by atoms with van der Waals surface area (Å²) in [6.07, 6.45) is 0.908. The van der Waals surface area contributed by atoms with E-state index in [-0.39, 0.29) is 0 Å². The van der Waals surface area contributed by atoms with Crippen LogP contribution in [0.3, 0.4) is 0 Å². The van der Waals surface area contributed by atoms with Crippen LogP contribution in [0.2, 0.25) is 0 Å². The summed E-state index contributed by atoms with van der Waals surface area (Å²) in [5, 5.41) is 0. The third-order valence-corrected chi connectivity index (χ3v) is 2.69. The molecule has 0 spiro atoms. The topological polar surface area (TPSA) is 35.2 Å². The van der Waals surface area contributed by atoms with E-state index in [9.17, 15) is 0 Å². The molecule has 0 fully saturated rings. The quantitative estimate of drug-likeness (QED) is 0.580. The standard InChI is InChI=1S/C11H17NOS/c1-2-14-11-7-4-3-6-10(11)13-9-5-8-12/h3-4,6-7H,2,5,8-9,12H2,1H3. The Morgan fingerprint density at radius 3 is 2.86 bits per heavy atom. The summed E-state index contributed by atoms with van der Waals surface area (Å²) in [6.45, 7) is 3.53. The van der Waals surface area contributed by atoms with Gasteiger partial charge in [-0.2, -0.15) is 0 Å². The van der Waals surface area contributed by atoms with Crippen LogP contribution >= 0.6 is 11.8 Å². The van der Waals surface area contributed by atoms with E-state index in [2.05, 4.69) is 13.0 Å². The van der Waals surface area contributed by atoms with Gasteiger partial charge in [0.15, 0.2) is 0 Å². The van der Waals surface area contributed by atoms with Crippen LogP contribution in [0.25, 0.3) is 0 Å². The third kappa shape index (κ3) is 3.60. The first-order valence-electron chi connectivity index (χ1n) is 4.93. The molecule has 2 nitrogen and oxygen atoms in total. The Bertz CT molecular complexity index is 265. The van der Waals surface area contributed by atoms with E-state index < -0.39 is 0 Å². The highest BCUT2D eigenvalue weighted by Gasteiger charge is 2.01. The van der Waals surface area contributed by atoms with E-state index >= 15 is 0 Å². The van der Waals surface area contributed by atoms with Crippen LogP contribution in [-0.4, -0.2) is 18.9 Å². The lowest BCUT2D eigenvalue weighted by molar-refractivity contribution is 0.306. The Hall–Kier alpha value is -0.670. The fourth-order valence-electron chi connectivity index (χ4n) is 1.11. The molecule has 2 N–H and O–H groups in total. The Labute approximate surface area is 89.8 Å². The molecule has 0 heterocycles. The molecule has 0 radical (unpaired) electrons. The van der Waals surface area contributed by atoms with Crippen LogP contribution < -0.4 is 10.5 Å². The van der Waals surface area contributed by atoms with Crippen molar-refractivity contribution in [3.05, 3.63) is 24.3 Å². The molecule has 14 heavy (non-hydrogen) atoms. The summed E-state index contributed by atoms with van der Waals surface area (Å²) in [5.41, 5.74) is 5.40. The number of rotatable bonds is 6. The fourth-order valence-corrected chi connectivity index (χ4v) is 1.86. The van der Waals surface area contributed by atoms with E-state index in [1.807, 2.05) is 18.2 Å². The van der Waals surface area contributed by atoms with Crippen molar-refractivity contribution in [2.45, 2.75) is 18.2 Å². The Morgan fingerprint density at radius 2 is 2.14 bits per heavy atom. The summed E-state index contributed by atoms with van der Waals surface area (Å²) in [5.74, 6) is 2.05. The van der Waals surface area contributed by atoms with E-state index in [0.717, 1.165) is 17.9 Å². The van der Waals surface area contributed by atoms with Gasteiger partial charge in [0, 0.05) is 4.90 Å². The predicted octanol–water partition coefficient (Wildman–Crippen LogP) is 2.53. The van der Waals surface area contributed by atoms with Crippen molar-refractivity contribution in [1.29, 1.82) is 0 Å². The normalized spacial score (nSPS) is 10.1. The number of hydrogen-bond donors (Lipinski definition) is 1. The minimum atomic E-state index is 0.684. The first-order chi connectivity index (χ1) is 6.88. The Kier molecular flexibility index (Phi) is 5.49. The Morgan fingerprint density at radius 1 is 1.36 bits per heavy atom. The van der Waals surface area contributed by atoms with E-state index in [1.54, 1.807) is 11.8 Å². The second-order valence-corrected chi connectivity index (χ2v) is 4.18. The molecule has 0 amide bonds. The van der Waals surface area contributed by atoms with Crippen LogP contribution in [0.15, 0.2) is 29.2 Å². The molecule has 1 aromatic rings. The minimum absolute atomic E-state index is 0.684. The molecule has 0 aliphatic rings. The predicted molar refractivity (Wildman–Crippen MR) is 62.0 cm³/mol. The molecule has 0 saturated carbocycles. The van der Waals surface area contributed by atoms with Gasteiger partial charge in [0.25, 0.3) is 0 Å². The molecule has 78 valence electrons. The highest BCUT2D eigenvalue weighted by molar-refractivity contribution is 7.99. The molecular formula is C11H17NOS. The molecule has 0 aliphatic heterocycles. The van der Waals surface area contributed by atoms with Gasteiger partial charge in [0.2, 0.25) is 0 Å². The van der Waals surface area contributed by atoms with E-state index in [4.69, 9.17) is 10.5 Å². The van der Waals surface area contributed by atoms with Crippen molar-refractivity contribution in [1.82, 2.24) is 0 Å². The third-order valence-electron chi connectivity index (χ3n) is 1.76. The lowest BCUT2D eigenvalue weighted by Crippen LogP contribution is -2.06. The van der Waals surface area contributed by atoms with Gasteiger partial charge in [-0.05, 0) is 30.9 Å². The maximum atomic E-state index is 5.63. The molecular weight excluding hydrogens is 194 g/mol. The van der Waals surface area contributed by atoms with Gasteiger partial charge < -0.3 is 10.5 Å². The highest BCUT2D eigenvalue weighted by atomic mass is 32.2. The monoisotopic (exact) mass is 211 g/mol. The summed E-state index contributed by atoms with van der Waals surface area (Å²) >= 11 is 1.80.